The summed E-state index contributed by atoms with van der Waals surface area (Å²) in [6.45, 7) is 0.395. The lowest BCUT2D eigenvalue weighted by Crippen LogP contribution is -1.98. The Hall–Kier alpha value is -2.27. The van der Waals surface area contributed by atoms with E-state index >= 15 is 0 Å². The number of rotatable bonds is 3. The number of fused-ring (bicyclic) bond motifs is 3. The van der Waals surface area contributed by atoms with Gasteiger partial charge in [-0.05, 0) is 30.7 Å². The van der Waals surface area contributed by atoms with Crippen LogP contribution < -0.4 is 0 Å². The molecule has 0 bridgehead atoms. The molecule has 0 saturated heterocycles. The molecule has 0 aliphatic rings. The highest BCUT2D eigenvalue weighted by atomic mass is 19.1. The van der Waals surface area contributed by atoms with E-state index in [1.807, 2.05) is 30.3 Å². The van der Waals surface area contributed by atoms with E-state index in [1.165, 1.54) is 5.39 Å². The number of hydrogen-bond acceptors (Lipinski definition) is 0. The number of aromatic nitrogens is 1. The van der Waals surface area contributed by atoms with Gasteiger partial charge in [0.05, 0.1) is 6.67 Å². The normalized spacial score (nSPS) is 10.9. The largest absolute Gasteiger partial charge is 0.340 e. The molecular formula is C17H14FN. The Bertz CT molecular complexity index is 777. The van der Waals surface area contributed by atoms with Crippen molar-refractivity contribution in [2.75, 3.05) is 6.67 Å². The SMILES string of the molecule is C#Cc1ccc2c(c1)c1ccccc1n2CCCF. The van der Waals surface area contributed by atoms with Crippen molar-refractivity contribution < 1.29 is 4.39 Å². The third-order valence-electron chi connectivity index (χ3n) is 3.45. The Labute approximate surface area is 111 Å². The van der Waals surface area contributed by atoms with Crippen LogP contribution in [-0.2, 0) is 6.54 Å². The topological polar surface area (TPSA) is 4.93 Å². The molecule has 1 heterocycles. The number of hydrogen-bond donors (Lipinski definition) is 0. The molecule has 3 aromatic rings. The van der Waals surface area contributed by atoms with Crippen LogP contribution in [0.3, 0.4) is 0 Å². The maximum Gasteiger partial charge on any atom is 0.0911 e. The van der Waals surface area contributed by atoms with Gasteiger partial charge in [0.15, 0.2) is 0 Å². The molecule has 0 radical (unpaired) electrons. The van der Waals surface area contributed by atoms with Crippen molar-refractivity contribution in [1.82, 2.24) is 4.57 Å². The lowest BCUT2D eigenvalue weighted by atomic mass is 10.1. The van der Waals surface area contributed by atoms with Crippen LogP contribution >= 0.6 is 0 Å². The molecule has 19 heavy (non-hydrogen) atoms. The molecule has 0 saturated carbocycles. The molecule has 0 aliphatic heterocycles. The molecule has 0 aliphatic carbocycles. The van der Waals surface area contributed by atoms with Crippen LogP contribution in [0, 0.1) is 12.3 Å². The lowest BCUT2D eigenvalue weighted by molar-refractivity contribution is 0.452. The lowest BCUT2D eigenvalue weighted by Gasteiger charge is -2.05. The maximum absolute atomic E-state index is 12.5. The zero-order valence-corrected chi connectivity index (χ0v) is 10.6. The number of benzene rings is 2. The van der Waals surface area contributed by atoms with Gasteiger partial charge in [-0.25, -0.2) is 0 Å². The van der Waals surface area contributed by atoms with E-state index in [4.69, 9.17) is 6.42 Å². The van der Waals surface area contributed by atoms with Gasteiger partial charge >= 0.3 is 0 Å². The third-order valence-corrected chi connectivity index (χ3v) is 3.45. The summed E-state index contributed by atoms with van der Waals surface area (Å²) in [7, 11) is 0. The van der Waals surface area contributed by atoms with E-state index in [-0.39, 0.29) is 6.67 Å². The van der Waals surface area contributed by atoms with E-state index in [0.717, 1.165) is 22.0 Å². The standard InChI is InChI=1S/C17H14FN/c1-2-13-8-9-17-15(12-13)14-6-3-4-7-16(14)19(17)11-5-10-18/h1,3-4,6-9,12H,5,10-11H2. The first-order chi connectivity index (χ1) is 9.35. The van der Waals surface area contributed by atoms with Gasteiger partial charge in [0, 0.05) is 33.9 Å². The summed E-state index contributed by atoms with van der Waals surface area (Å²) in [4.78, 5) is 0. The second-order valence-electron chi connectivity index (χ2n) is 4.59. The molecule has 94 valence electrons. The summed E-state index contributed by atoms with van der Waals surface area (Å²) >= 11 is 0. The van der Waals surface area contributed by atoms with Crippen molar-refractivity contribution in [3.8, 4) is 12.3 Å². The van der Waals surface area contributed by atoms with Crippen molar-refractivity contribution in [2.45, 2.75) is 13.0 Å². The number of para-hydroxylation sites is 1. The van der Waals surface area contributed by atoms with Crippen LogP contribution in [0.5, 0.6) is 0 Å². The number of terminal acetylenes is 1. The van der Waals surface area contributed by atoms with E-state index in [0.29, 0.717) is 13.0 Å². The van der Waals surface area contributed by atoms with E-state index in [2.05, 4.69) is 22.6 Å². The molecule has 0 fully saturated rings. The number of halogens is 1. The Balaban J connectivity index is 2.34. The first kappa shape index (κ1) is 11.8. The second kappa shape index (κ2) is 4.78. The van der Waals surface area contributed by atoms with Gasteiger partial charge in [-0.1, -0.05) is 24.1 Å². The summed E-state index contributed by atoms with van der Waals surface area (Å²) in [6, 6.07) is 14.2. The molecule has 1 nitrogen and oxygen atoms in total. The van der Waals surface area contributed by atoms with Crippen LogP contribution in [0.15, 0.2) is 42.5 Å². The molecule has 0 spiro atoms. The summed E-state index contributed by atoms with van der Waals surface area (Å²) in [5.74, 6) is 2.67. The van der Waals surface area contributed by atoms with Crippen LogP contribution in [0.1, 0.15) is 12.0 Å². The molecular weight excluding hydrogens is 237 g/mol. The highest BCUT2D eigenvalue weighted by Crippen LogP contribution is 2.29. The van der Waals surface area contributed by atoms with Crippen molar-refractivity contribution >= 4 is 21.8 Å². The Morgan fingerprint density at radius 2 is 1.84 bits per heavy atom. The minimum absolute atomic E-state index is 0.295. The predicted octanol–water partition coefficient (Wildman–Crippen LogP) is 4.14. The fourth-order valence-electron chi connectivity index (χ4n) is 2.60. The van der Waals surface area contributed by atoms with Crippen LogP contribution in [0.4, 0.5) is 4.39 Å². The van der Waals surface area contributed by atoms with Gasteiger partial charge in [-0.2, -0.15) is 0 Å². The molecule has 1 aromatic heterocycles. The zero-order chi connectivity index (χ0) is 13.2. The summed E-state index contributed by atoms with van der Waals surface area (Å²) in [5, 5.41) is 2.32. The molecule has 0 amide bonds. The van der Waals surface area contributed by atoms with Crippen LogP contribution in [0.25, 0.3) is 21.8 Å². The van der Waals surface area contributed by atoms with Gasteiger partial charge in [-0.15, -0.1) is 6.42 Å². The van der Waals surface area contributed by atoms with Gasteiger partial charge < -0.3 is 4.57 Å². The van der Waals surface area contributed by atoms with E-state index < -0.39 is 0 Å². The zero-order valence-electron chi connectivity index (χ0n) is 10.6. The second-order valence-corrected chi connectivity index (χ2v) is 4.59. The van der Waals surface area contributed by atoms with Crippen molar-refractivity contribution in [3.05, 3.63) is 48.0 Å². The quantitative estimate of drug-likeness (QED) is 0.617. The highest BCUT2D eigenvalue weighted by molar-refractivity contribution is 6.08. The summed E-state index contributed by atoms with van der Waals surface area (Å²) < 4.78 is 14.6. The van der Waals surface area contributed by atoms with Crippen LogP contribution in [0.2, 0.25) is 0 Å². The third kappa shape index (κ3) is 1.88. The highest BCUT2D eigenvalue weighted by Gasteiger charge is 2.09. The van der Waals surface area contributed by atoms with Crippen molar-refractivity contribution in [2.24, 2.45) is 0 Å². The first-order valence-electron chi connectivity index (χ1n) is 6.38. The summed E-state index contributed by atoms with van der Waals surface area (Å²) in [6.07, 6.45) is 6.00. The molecule has 0 N–H and O–H groups in total. The summed E-state index contributed by atoms with van der Waals surface area (Å²) in [5.41, 5.74) is 3.13. The minimum Gasteiger partial charge on any atom is -0.340 e. The smallest absolute Gasteiger partial charge is 0.0911 e. The van der Waals surface area contributed by atoms with Crippen molar-refractivity contribution in [1.29, 1.82) is 0 Å². The van der Waals surface area contributed by atoms with Gasteiger partial charge in [-0.3, -0.25) is 4.39 Å². The molecule has 2 heteroatoms. The number of alkyl halides is 1. The fourth-order valence-corrected chi connectivity index (χ4v) is 2.60. The van der Waals surface area contributed by atoms with E-state index in [9.17, 15) is 4.39 Å². The molecule has 0 atom stereocenters. The number of aryl methyl sites for hydroxylation is 1. The van der Waals surface area contributed by atoms with Gasteiger partial charge in [0.25, 0.3) is 0 Å². The molecule has 3 rings (SSSR count). The Morgan fingerprint density at radius 3 is 2.63 bits per heavy atom. The Morgan fingerprint density at radius 1 is 1.05 bits per heavy atom. The Kier molecular flexibility index (Phi) is 2.97. The minimum atomic E-state index is -0.295. The van der Waals surface area contributed by atoms with Gasteiger partial charge in [0.1, 0.15) is 0 Å². The molecule has 2 aromatic carbocycles. The number of nitrogens with zero attached hydrogens (tertiary/aromatic N) is 1. The fraction of sp³-hybridized carbons (Fsp3) is 0.176. The average molecular weight is 251 g/mol. The van der Waals surface area contributed by atoms with Gasteiger partial charge in [0.2, 0.25) is 0 Å². The van der Waals surface area contributed by atoms with Crippen molar-refractivity contribution in [3.63, 3.8) is 0 Å². The average Bonchev–Trinajstić information content (AvgIpc) is 2.78. The molecule has 0 unspecified atom stereocenters. The predicted molar refractivity (Wildman–Crippen MR) is 78.0 cm³/mol. The van der Waals surface area contributed by atoms with Crippen LogP contribution in [-0.4, -0.2) is 11.2 Å². The van der Waals surface area contributed by atoms with E-state index in [1.54, 1.807) is 0 Å². The monoisotopic (exact) mass is 251 g/mol. The maximum atomic E-state index is 12.5. The first-order valence-corrected chi connectivity index (χ1v) is 6.38.